The summed E-state index contributed by atoms with van der Waals surface area (Å²) in [5, 5.41) is 8.94. The zero-order chi connectivity index (χ0) is 21.6. The average Bonchev–Trinajstić information content (AvgIpc) is 2.73. The van der Waals surface area contributed by atoms with Gasteiger partial charge in [0.25, 0.3) is 0 Å². The van der Waals surface area contributed by atoms with Gasteiger partial charge in [0, 0.05) is 18.9 Å². The molecular formula is C24H43O5. The van der Waals surface area contributed by atoms with Crippen LogP contribution in [0.3, 0.4) is 0 Å². The van der Waals surface area contributed by atoms with Crippen LogP contribution in [0.1, 0.15) is 78.1 Å². The molecule has 0 aromatic heterocycles. The molecule has 1 radical (unpaired) electrons. The third-order valence-electron chi connectivity index (χ3n) is 4.28. The molecule has 5 heteroatoms. The summed E-state index contributed by atoms with van der Waals surface area (Å²) in [6, 6.07) is 0. The van der Waals surface area contributed by atoms with Gasteiger partial charge < -0.3 is 19.3 Å². The highest BCUT2D eigenvalue weighted by molar-refractivity contribution is 5.69. The minimum absolute atomic E-state index is 0.0975. The first-order chi connectivity index (χ1) is 14.1. The Morgan fingerprint density at radius 1 is 0.931 bits per heavy atom. The van der Waals surface area contributed by atoms with Crippen LogP contribution < -0.4 is 0 Å². The molecule has 5 nitrogen and oxygen atoms in total. The van der Waals surface area contributed by atoms with E-state index in [9.17, 15) is 4.79 Å². The third-order valence-corrected chi connectivity index (χ3v) is 4.28. The van der Waals surface area contributed by atoms with Gasteiger partial charge >= 0.3 is 5.97 Å². The van der Waals surface area contributed by atoms with Gasteiger partial charge in [0.05, 0.1) is 26.2 Å². The van der Waals surface area contributed by atoms with Crippen LogP contribution in [0.2, 0.25) is 0 Å². The van der Waals surface area contributed by atoms with Crippen LogP contribution in [-0.4, -0.2) is 43.8 Å². The van der Waals surface area contributed by atoms with Gasteiger partial charge in [-0.25, -0.2) is 0 Å². The van der Waals surface area contributed by atoms with E-state index in [1.54, 1.807) is 0 Å². The van der Waals surface area contributed by atoms with Crippen molar-refractivity contribution in [2.24, 2.45) is 5.92 Å². The normalized spacial score (nSPS) is 13.0. The molecule has 0 rings (SSSR count). The summed E-state index contributed by atoms with van der Waals surface area (Å²) < 4.78 is 16.8. The highest BCUT2D eigenvalue weighted by Crippen LogP contribution is 2.09. The van der Waals surface area contributed by atoms with E-state index in [1.807, 2.05) is 0 Å². The standard InChI is InChI=1S/C24H43O5/c1-4-6-8-10-12-14-18-27-24(28-19-15-13-11-9-7-5-2)17-16-23(26)29-21-22(3)20-25/h10-13,22,24-25H,3-9,14-21H2,1-2H3/b12-10-,13-11-. The Labute approximate surface area is 178 Å². The molecule has 0 aromatic rings. The van der Waals surface area contributed by atoms with E-state index in [1.165, 1.54) is 25.7 Å². The molecular weight excluding hydrogens is 368 g/mol. The van der Waals surface area contributed by atoms with Crippen molar-refractivity contribution in [3.05, 3.63) is 31.2 Å². The number of aliphatic hydroxyl groups is 1. The van der Waals surface area contributed by atoms with E-state index in [2.05, 4.69) is 45.1 Å². The molecule has 0 saturated carbocycles. The fourth-order valence-electron chi connectivity index (χ4n) is 2.44. The van der Waals surface area contributed by atoms with Crippen molar-refractivity contribution in [1.82, 2.24) is 0 Å². The topological polar surface area (TPSA) is 65.0 Å². The number of rotatable bonds is 20. The van der Waals surface area contributed by atoms with Crippen LogP contribution in [0.5, 0.6) is 0 Å². The van der Waals surface area contributed by atoms with E-state index in [-0.39, 0.29) is 31.5 Å². The highest BCUT2D eigenvalue weighted by atomic mass is 16.7. The maximum absolute atomic E-state index is 11.9. The van der Waals surface area contributed by atoms with Crippen molar-refractivity contribution in [2.75, 3.05) is 26.4 Å². The van der Waals surface area contributed by atoms with E-state index in [4.69, 9.17) is 19.3 Å². The molecule has 0 aliphatic carbocycles. The van der Waals surface area contributed by atoms with Crippen LogP contribution in [-0.2, 0) is 19.0 Å². The molecule has 1 N–H and O–H groups in total. The second-order valence-corrected chi connectivity index (χ2v) is 7.25. The van der Waals surface area contributed by atoms with Crippen LogP contribution in [0.4, 0.5) is 0 Å². The summed E-state index contributed by atoms with van der Waals surface area (Å²) in [6.07, 6.45) is 17.6. The van der Waals surface area contributed by atoms with Crippen LogP contribution in [0, 0.1) is 12.8 Å². The lowest BCUT2D eigenvalue weighted by molar-refractivity contribution is -0.158. The smallest absolute Gasteiger partial charge is 0.305 e. The van der Waals surface area contributed by atoms with Crippen molar-refractivity contribution in [3.63, 3.8) is 0 Å². The summed E-state index contributed by atoms with van der Waals surface area (Å²) in [5.41, 5.74) is 0. The first-order valence-corrected chi connectivity index (χ1v) is 11.3. The number of allylic oxidation sites excluding steroid dienone is 2. The minimum atomic E-state index is -0.413. The first kappa shape index (κ1) is 27.8. The van der Waals surface area contributed by atoms with Gasteiger partial charge in [0.15, 0.2) is 6.29 Å². The predicted molar refractivity (Wildman–Crippen MR) is 118 cm³/mol. The summed E-state index contributed by atoms with van der Waals surface area (Å²) in [5.74, 6) is -0.607. The first-order valence-electron chi connectivity index (χ1n) is 11.3. The molecule has 0 heterocycles. The SMILES string of the molecule is [CH2]C(CO)COC(=O)CCC(OCC/C=C\CCCC)OCC/C=C\CCCC. The van der Waals surface area contributed by atoms with Gasteiger partial charge in [-0.2, -0.15) is 0 Å². The number of esters is 1. The van der Waals surface area contributed by atoms with E-state index in [0.29, 0.717) is 19.6 Å². The van der Waals surface area contributed by atoms with Gasteiger partial charge in [-0.3, -0.25) is 4.79 Å². The van der Waals surface area contributed by atoms with Gasteiger partial charge in [-0.05, 0) is 32.6 Å². The zero-order valence-electron chi connectivity index (χ0n) is 18.7. The van der Waals surface area contributed by atoms with Crippen LogP contribution in [0.25, 0.3) is 0 Å². The molecule has 1 atom stereocenters. The number of aliphatic hydroxyl groups excluding tert-OH is 1. The minimum Gasteiger partial charge on any atom is -0.465 e. The third kappa shape index (κ3) is 19.9. The lowest BCUT2D eigenvalue weighted by Crippen LogP contribution is -2.21. The van der Waals surface area contributed by atoms with Crippen molar-refractivity contribution in [1.29, 1.82) is 0 Å². The molecule has 0 aliphatic rings. The second kappa shape index (κ2) is 21.5. The lowest BCUT2D eigenvalue weighted by Gasteiger charge is -2.18. The van der Waals surface area contributed by atoms with Crippen molar-refractivity contribution in [2.45, 2.75) is 84.3 Å². The predicted octanol–water partition coefficient (Wildman–Crippen LogP) is 5.38. The highest BCUT2D eigenvalue weighted by Gasteiger charge is 2.14. The molecule has 169 valence electrons. The molecule has 0 amide bonds. The monoisotopic (exact) mass is 411 g/mol. The Kier molecular flexibility index (Phi) is 20.7. The van der Waals surface area contributed by atoms with E-state index in [0.717, 1.165) is 25.7 Å². The van der Waals surface area contributed by atoms with Crippen molar-refractivity contribution in [3.8, 4) is 0 Å². The number of ether oxygens (including phenoxy) is 3. The fourth-order valence-corrected chi connectivity index (χ4v) is 2.44. The Morgan fingerprint density at radius 3 is 1.93 bits per heavy atom. The summed E-state index contributed by atoms with van der Waals surface area (Å²) in [4.78, 5) is 11.9. The average molecular weight is 412 g/mol. The maximum atomic E-state index is 11.9. The van der Waals surface area contributed by atoms with Crippen molar-refractivity contribution >= 4 is 5.97 Å². The Hall–Kier alpha value is -1.17. The quantitative estimate of drug-likeness (QED) is 0.126. The molecule has 0 saturated heterocycles. The Bertz CT molecular complexity index is 395. The second-order valence-electron chi connectivity index (χ2n) is 7.25. The molecule has 0 fully saturated rings. The summed E-state index contributed by atoms with van der Waals surface area (Å²) in [6.45, 7) is 9.23. The number of unbranched alkanes of at least 4 members (excludes halogenated alkanes) is 4. The number of hydrogen-bond donors (Lipinski definition) is 1. The molecule has 0 spiro atoms. The van der Waals surface area contributed by atoms with Gasteiger partial charge in [0.2, 0.25) is 0 Å². The summed E-state index contributed by atoms with van der Waals surface area (Å²) in [7, 11) is 0. The maximum Gasteiger partial charge on any atom is 0.305 e. The van der Waals surface area contributed by atoms with Crippen molar-refractivity contribution < 1.29 is 24.1 Å². The summed E-state index contributed by atoms with van der Waals surface area (Å²) >= 11 is 0. The molecule has 0 aromatic carbocycles. The van der Waals surface area contributed by atoms with Gasteiger partial charge in [0.1, 0.15) is 0 Å². The Balaban J connectivity index is 4.20. The largest absolute Gasteiger partial charge is 0.465 e. The van der Waals surface area contributed by atoms with Gasteiger partial charge in [-0.15, -0.1) is 0 Å². The zero-order valence-corrected chi connectivity index (χ0v) is 18.7. The Morgan fingerprint density at radius 2 is 1.45 bits per heavy atom. The molecule has 29 heavy (non-hydrogen) atoms. The fraction of sp³-hybridized carbons (Fsp3) is 0.750. The van der Waals surface area contributed by atoms with Crippen LogP contribution in [0.15, 0.2) is 24.3 Å². The van der Waals surface area contributed by atoms with Gasteiger partial charge in [-0.1, -0.05) is 63.8 Å². The lowest BCUT2D eigenvalue weighted by atomic mass is 10.2. The number of hydrogen-bond acceptors (Lipinski definition) is 5. The number of carbonyl (C=O) groups excluding carboxylic acids is 1. The van der Waals surface area contributed by atoms with E-state index >= 15 is 0 Å². The molecule has 0 aliphatic heterocycles. The molecule has 0 bridgehead atoms. The van der Waals surface area contributed by atoms with E-state index < -0.39 is 6.29 Å². The molecule has 1 unspecified atom stereocenters. The van der Waals surface area contributed by atoms with Crippen LogP contribution >= 0.6 is 0 Å². The number of carbonyl (C=O) groups is 1.